The van der Waals surface area contributed by atoms with Crippen LogP contribution in [0.4, 0.5) is 0 Å². The molecule has 0 aromatic heterocycles. The number of ether oxygens (including phenoxy) is 1. The van der Waals surface area contributed by atoms with Gasteiger partial charge in [-0.05, 0) is 60.1 Å². The normalized spacial score (nSPS) is 26.9. The molecule has 2 nitrogen and oxygen atoms in total. The first kappa shape index (κ1) is 12.3. The second-order valence-electron chi connectivity index (χ2n) is 4.46. The molecule has 3 heteroatoms. The fourth-order valence-corrected chi connectivity index (χ4v) is 2.47. The Morgan fingerprint density at radius 3 is 2.62 bits per heavy atom. The van der Waals surface area contributed by atoms with Crippen LogP contribution in [0.15, 0.2) is 24.3 Å². The van der Waals surface area contributed by atoms with E-state index in [0.29, 0.717) is 12.5 Å². The molecule has 16 heavy (non-hydrogen) atoms. The summed E-state index contributed by atoms with van der Waals surface area (Å²) in [4.78, 5) is 0. The summed E-state index contributed by atoms with van der Waals surface area (Å²) in [6.07, 6.45) is 2.69. The van der Waals surface area contributed by atoms with Crippen molar-refractivity contribution in [2.24, 2.45) is 0 Å². The van der Waals surface area contributed by atoms with Crippen LogP contribution >= 0.6 is 22.6 Å². The Hall–Kier alpha value is -0.130. The minimum absolute atomic E-state index is 0.0225. The van der Waals surface area contributed by atoms with E-state index in [4.69, 9.17) is 4.74 Å². The molecule has 1 fully saturated rings. The molecule has 1 aliphatic rings. The second kappa shape index (κ2) is 5.47. The van der Waals surface area contributed by atoms with E-state index in [1.165, 1.54) is 9.13 Å². The Balaban J connectivity index is 1.91. The Kier molecular flexibility index (Phi) is 4.21. The molecule has 0 radical (unpaired) electrons. The van der Waals surface area contributed by atoms with Gasteiger partial charge in [-0.2, -0.15) is 0 Å². The van der Waals surface area contributed by atoms with Crippen LogP contribution in [0.5, 0.6) is 0 Å². The quantitative estimate of drug-likeness (QED) is 0.863. The van der Waals surface area contributed by atoms with Crippen LogP contribution in [0.25, 0.3) is 0 Å². The summed E-state index contributed by atoms with van der Waals surface area (Å²) < 4.78 is 6.89. The molecule has 1 aromatic carbocycles. The van der Waals surface area contributed by atoms with E-state index in [1.54, 1.807) is 0 Å². The van der Waals surface area contributed by atoms with E-state index in [9.17, 15) is 5.11 Å². The largest absolute Gasteiger partial charge is 0.390 e. The van der Waals surface area contributed by atoms with Gasteiger partial charge >= 0.3 is 0 Å². The molecule has 1 N–H and O–H groups in total. The van der Waals surface area contributed by atoms with E-state index in [2.05, 4.69) is 53.8 Å². The zero-order valence-corrected chi connectivity index (χ0v) is 11.6. The number of hydrogen-bond acceptors (Lipinski definition) is 2. The maximum absolute atomic E-state index is 10.1. The summed E-state index contributed by atoms with van der Waals surface area (Å²) in [7, 11) is 0. The fraction of sp³-hybridized carbons (Fsp3) is 0.538. The molecule has 2 rings (SSSR count). The zero-order chi connectivity index (χ0) is 11.5. The highest BCUT2D eigenvalue weighted by atomic mass is 127. The number of aliphatic hydroxyl groups excluding tert-OH is 1. The topological polar surface area (TPSA) is 29.5 Å². The van der Waals surface area contributed by atoms with Gasteiger partial charge in [-0.3, -0.25) is 0 Å². The monoisotopic (exact) mass is 332 g/mol. The second-order valence-corrected chi connectivity index (χ2v) is 5.71. The summed E-state index contributed by atoms with van der Waals surface area (Å²) in [5.74, 6) is 0. The van der Waals surface area contributed by atoms with Gasteiger partial charge in [0.15, 0.2) is 0 Å². The number of hydrogen-bond donors (Lipinski definition) is 1. The molecule has 0 spiro atoms. The van der Waals surface area contributed by atoms with E-state index < -0.39 is 0 Å². The fourth-order valence-electron chi connectivity index (χ4n) is 2.11. The summed E-state index contributed by atoms with van der Waals surface area (Å²) in [5, 5.41) is 10.1. The van der Waals surface area contributed by atoms with E-state index in [1.807, 2.05) is 0 Å². The van der Waals surface area contributed by atoms with Crippen LogP contribution in [0.2, 0.25) is 0 Å². The molecule has 1 aromatic rings. The molecule has 88 valence electrons. The lowest BCUT2D eigenvalue weighted by Crippen LogP contribution is -2.28. The first-order valence-electron chi connectivity index (χ1n) is 5.73. The number of halogens is 1. The summed E-state index contributed by atoms with van der Waals surface area (Å²) in [6, 6.07) is 8.29. The van der Waals surface area contributed by atoms with Gasteiger partial charge in [-0.1, -0.05) is 12.1 Å². The molecule has 3 atom stereocenters. The number of benzene rings is 1. The highest BCUT2D eigenvalue weighted by molar-refractivity contribution is 14.1. The van der Waals surface area contributed by atoms with Crippen LogP contribution in [0.3, 0.4) is 0 Å². The Morgan fingerprint density at radius 2 is 2.06 bits per heavy atom. The predicted molar refractivity (Wildman–Crippen MR) is 72.4 cm³/mol. The third-order valence-corrected chi connectivity index (χ3v) is 3.77. The highest BCUT2D eigenvalue weighted by Crippen LogP contribution is 2.23. The average Bonchev–Trinajstić information content (AvgIpc) is 2.68. The Labute approximate surface area is 110 Å². The molecular weight excluding hydrogens is 315 g/mol. The molecule has 1 heterocycles. The maximum Gasteiger partial charge on any atom is 0.0842 e. The van der Waals surface area contributed by atoms with Gasteiger partial charge in [0, 0.05) is 9.99 Å². The molecule has 0 amide bonds. The van der Waals surface area contributed by atoms with Crippen molar-refractivity contribution < 1.29 is 9.84 Å². The van der Waals surface area contributed by atoms with E-state index in [-0.39, 0.29) is 12.2 Å². The van der Waals surface area contributed by atoms with Crippen molar-refractivity contribution in [3.8, 4) is 0 Å². The third-order valence-electron chi connectivity index (χ3n) is 3.05. The third kappa shape index (κ3) is 3.18. The van der Waals surface area contributed by atoms with Gasteiger partial charge in [-0.15, -0.1) is 0 Å². The first-order chi connectivity index (χ1) is 7.65. The van der Waals surface area contributed by atoms with Crippen LogP contribution < -0.4 is 0 Å². The smallest absolute Gasteiger partial charge is 0.0842 e. The van der Waals surface area contributed by atoms with Crippen molar-refractivity contribution in [3.63, 3.8) is 0 Å². The van der Waals surface area contributed by atoms with Gasteiger partial charge in [0.1, 0.15) is 0 Å². The van der Waals surface area contributed by atoms with Crippen molar-refractivity contribution in [1.82, 2.24) is 0 Å². The van der Waals surface area contributed by atoms with Crippen molar-refractivity contribution in [3.05, 3.63) is 33.4 Å². The van der Waals surface area contributed by atoms with Gasteiger partial charge in [-0.25, -0.2) is 0 Å². The van der Waals surface area contributed by atoms with Crippen molar-refractivity contribution in [1.29, 1.82) is 0 Å². The molecular formula is C13H17IO2. The van der Waals surface area contributed by atoms with Crippen molar-refractivity contribution in [2.45, 2.75) is 44.5 Å². The van der Waals surface area contributed by atoms with Gasteiger partial charge < -0.3 is 9.84 Å². The maximum atomic E-state index is 10.1. The summed E-state index contributed by atoms with van der Waals surface area (Å²) >= 11 is 2.28. The molecule has 0 saturated carbocycles. The number of rotatable bonds is 3. The number of aliphatic hydroxyl groups is 1. The van der Waals surface area contributed by atoms with Gasteiger partial charge in [0.2, 0.25) is 0 Å². The Bertz CT molecular complexity index is 336. The lowest BCUT2D eigenvalue weighted by molar-refractivity contribution is -0.0278. The van der Waals surface area contributed by atoms with Crippen LogP contribution in [-0.4, -0.2) is 23.4 Å². The minimum Gasteiger partial charge on any atom is -0.390 e. The predicted octanol–water partition coefficient (Wildman–Crippen LogP) is 2.76. The zero-order valence-electron chi connectivity index (χ0n) is 9.40. The van der Waals surface area contributed by atoms with Gasteiger partial charge in [0.05, 0.1) is 18.3 Å². The standard InChI is InChI=1S/C13H17IO2/c1-9-2-7-13(16-9)12(15)8-10-3-5-11(14)6-4-10/h3-6,9,12-13,15H,2,7-8H2,1H3. The highest BCUT2D eigenvalue weighted by Gasteiger charge is 2.28. The Morgan fingerprint density at radius 1 is 1.38 bits per heavy atom. The summed E-state index contributed by atoms with van der Waals surface area (Å²) in [5.41, 5.74) is 1.18. The molecule has 1 aliphatic heterocycles. The van der Waals surface area contributed by atoms with E-state index in [0.717, 1.165) is 12.8 Å². The van der Waals surface area contributed by atoms with Crippen LogP contribution in [-0.2, 0) is 11.2 Å². The first-order valence-corrected chi connectivity index (χ1v) is 6.81. The average molecular weight is 332 g/mol. The summed E-state index contributed by atoms with van der Waals surface area (Å²) in [6.45, 7) is 2.07. The van der Waals surface area contributed by atoms with E-state index >= 15 is 0 Å². The van der Waals surface area contributed by atoms with Gasteiger partial charge in [0.25, 0.3) is 0 Å². The van der Waals surface area contributed by atoms with Crippen LogP contribution in [0, 0.1) is 3.57 Å². The lowest BCUT2D eigenvalue weighted by Gasteiger charge is -2.18. The molecule has 3 unspecified atom stereocenters. The van der Waals surface area contributed by atoms with Crippen molar-refractivity contribution in [2.75, 3.05) is 0 Å². The molecule has 1 saturated heterocycles. The van der Waals surface area contributed by atoms with Crippen LogP contribution in [0.1, 0.15) is 25.3 Å². The van der Waals surface area contributed by atoms with Crippen molar-refractivity contribution >= 4 is 22.6 Å². The SMILES string of the molecule is CC1CCC(C(O)Cc2ccc(I)cc2)O1. The molecule has 0 bridgehead atoms. The lowest BCUT2D eigenvalue weighted by atomic mass is 10.0. The minimum atomic E-state index is -0.370. The molecule has 0 aliphatic carbocycles.